The van der Waals surface area contributed by atoms with Crippen LogP contribution in [-0.4, -0.2) is 39.4 Å². The summed E-state index contributed by atoms with van der Waals surface area (Å²) in [5.74, 6) is 0.907. The number of carbonyl (C=O) groups is 2. The van der Waals surface area contributed by atoms with Gasteiger partial charge in [-0.1, -0.05) is 17.8 Å². The van der Waals surface area contributed by atoms with Gasteiger partial charge in [-0.25, -0.2) is 0 Å². The number of hydrogen-bond acceptors (Lipinski definition) is 7. The van der Waals surface area contributed by atoms with Crippen molar-refractivity contribution in [1.29, 1.82) is 0 Å². The highest BCUT2D eigenvalue weighted by Gasteiger charge is 2.18. The lowest BCUT2D eigenvalue weighted by Gasteiger charge is -2.14. The van der Waals surface area contributed by atoms with E-state index in [1.807, 2.05) is 42.7 Å². The number of hydrogen-bond donors (Lipinski definition) is 2. The highest BCUT2D eigenvalue weighted by molar-refractivity contribution is 7.99. The van der Waals surface area contributed by atoms with E-state index in [-0.39, 0.29) is 23.6 Å². The number of nitrogens with one attached hydrogen (secondary N) is 2. The monoisotopic (exact) mass is 431 g/mol. The molecule has 2 N–H and O–H groups in total. The van der Waals surface area contributed by atoms with E-state index in [0.717, 1.165) is 17.1 Å². The molecule has 0 bridgehead atoms. The van der Waals surface area contributed by atoms with E-state index in [2.05, 4.69) is 21.0 Å². The first kappa shape index (κ1) is 20.9. The van der Waals surface area contributed by atoms with E-state index in [1.54, 1.807) is 24.6 Å². The molecule has 0 saturated carbocycles. The molecule has 8 nitrogen and oxygen atoms in total. The second-order valence-electron chi connectivity index (χ2n) is 6.27. The Labute approximate surface area is 176 Å². The minimum absolute atomic E-state index is 0.0954. The molecule has 0 atom stereocenters. The van der Waals surface area contributed by atoms with E-state index < -0.39 is 0 Å². The molecule has 0 saturated heterocycles. The molecule has 0 radical (unpaired) electrons. The number of aromatic nitrogens is 3. The first-order valence-corrected chi connectivity index (χ1v) is 10.7. The fourth-order valence-corrected chi connectivity index (χ4v) is 4.03. The number of amides is 2. The summed E-state index contributed by atoms with van der Waals surface area (Å²) in [6.45, 7) is 4.06. The van der Waals surface area contributed by atoms with Crippen molar-refractivity contribution in [1.82, 2.24) is 25.6 Å². The van der Waals surface area contributed by atoms with Crippen molar-refractivity contribution in [3.05, 3.63) is 46.7 Å². The molecule has 2 aromatic heterocycles. The van der Waals surface area contributed by atoms with Crippen LogP contribution in [0.15, 0.2) is 46.9 Å². The number of thiophene rings is 1. The normalized spacial score (nSPS) is 10.8. The van der Waals surface area contributed by atoms with Crippen molar-refractivity contribution in [3.63, 3.8) is 0 Å². The average molecular weight is 432 g/mol. The summed E-state index contributed by atoms with van der Waals surface area (Å²) in [6, 6.07) is 11.1. The highest BCUT2D eigenvalue weighted by Crippen LogP contribution is 2.28. The van der Waals surface area contributed by atoms with Gasteiger partial charge < -0.3 is 4.74 Å². The molecule has 152 valence electrons. The third-order valence-electron chi connectivity index (χ3n) is 3.92. The molecule has 0 aliphatic carbocycles. The third-order valence-corrected chi connectivity index (χ3v) is 5.73. The summed E-state index contributed by atoms with van der Waals surface area (Å²) in [6.07, 6.45) is 0. The van der Waals surface area contributed by atoms with Crippen LogP contribution in [0, 0.1) is 0 Å². The van der Waals surface area contributed by atoms with Crippen LogP contribution < -0.4 is 15.6 Å². The highest BCUT2D eigenvalue weighted by atomic mass is 32.2. The molecule has 0 unspecified atom stereocenters. The number of carbonyl (C=O) groups excluding carboxylic acids is 2. The van der Waals surface area contributed by atoms with Crippen molar-refractivity contribution in [3.8, 4) is 17.1 Å². The van der Waals surface area contributed by atoms with Gasteiger partial charge >= 0.3 is 0 Å². The van der Waals surface area contributed by atoms with Gasteiger partial charge in [0.2, 0.25) is 5.91 Å². The molecular formula is C19H21N5O3S2. The number of thioether (sulfide) groups is 1. The largest absolute Gasteiger partial charge is 0.497 e. The first-order chi connectivity index (χ1) is 14.0. The predicted octanol–water partition coefficient (Wildman–Crippen LogP) is 3.15. The molecule has 3 rings (SSSR count). The van der Waals surface area contributed by atoms with Gasteiger partial charge in [0, 0.05) is 11.6 Å². The zero-order valence-corrected chi connectivity index (χ0v) is 17.8. The van der Waals surface area contributed by atoms with E-state index in [4.69, 9.17) is 4.74 Å². The van der Waals surface area contributed by atoms with Gasteiger partial charge in [0.25, 0.3) is 5.91 Å². The van der Waals surface area contributed by atoms with Crippen molar-refractivity contribution in [2.24, 2.45) is 0 Å². The van der Waals surface area contributed by atoms with Crippen molar-refractivity contribution < 1.29 is 14.3 Å². The maximum Gasteiger partial charge on any atom is 0.279 e. The summed E-state index contributed by atoms with van der Waals surface area (Å²) in [5.41, 5.74) is 5.73. The minimum atomic E-state index is -0.342. The number of rotatable bonds is 7. The smallest absolute Gasteiger partial charge is 0.279 e. The maximum absolute atomic E-state index is 12.1. The number of methoxy groups -OCH3 is 1. The molecule has 0 spiro atoms. The minimum Gasteiger partial charge on any atom is -0.497 e. The van der Waals surface area contributed by atoms with Gasteiger partial charge in [-0.05, 0) is 49.6 Å². The molecule has 0 aliphatic rings. The summed E-state index contributed by atoms with van der Waals surface area (Å²) in [7, 11) is 1.62. The molecule has 2 amide bonds. The second-order valence-corrected chi connectivity index (χ2v) is 8.16. The molecule has 3 aromatic rings. The van der Waals surface area contributed by atoms with Gasteiger partial charge in [0.1, 0.15) is 5.75 Å². The zero-order valence-electron chi connectivity index (χ0n) is 16.2. The molecule has 1 aromatic carbocycles. The number of nitrogens with zero attached hydrogens (tertiary/aromatic N) is 3. The SMILES string of the molecule is COc1ccc(-c2nnc(SCC(=O)NNC(=O)c3cccs3)n2C(C)C)cc1. The van der Waals surface area contributed by atoms with E-state index >= 15 is 0 Å². The van der Waals surface area contributed by atoms with Crippen LogP contribution in [0.4, 0.5) is 0 Å². The molecule has 0 aliphatic heterocycles. The summed E-state index contributed by atoms with van der Waals surface area (Å²) in [5, 5.41) is 11.0. The van der Waals surface area contributed by atoms with Crippen molar-refractivity contribution in [2.45, 2.75) is 25.0 Å². The average Bonchev–Trinajstić information content (AvgIpc) is 3.40. The maximum atomic E-state index is 12.1. The Bertz CT molecular complexity index is 968. The van der Waals surface area contributed by atoms with E-state index in [9.17, 15) is 9.59 Å². The molecule has 0 fully saturated rings. The van der Waals surface area contributed by atoms with Crippen LogP contribution in [0.25, 0.3) is 11.4 Å². The number of benzene rings is 1. The number of ether oxygens (including phenoxy) is 1. The summed E-state index contributed by atoms with van der Waals surface area (Å²) >= 11 is 2.56. The lowest BCUT2D eigenvalue weighted by molar-refractivity contribution is -0.119. The van der Waals surface area contributed by atoms with Crippen molar-refractivity contribution >= 4 is 34.9 Å². The fourth-order valence-electron chi connectivity index (χ4n) is 2.54. The Morgan fingerprint density at radius 2 is 1.93 bits per heavy atom. The zero-order chi connectivity index (χ0) is 20.8. The van der Waals surface area contributed by atoms with Crippen LogP contribution in [0.2, 0.25) is 0 Å². The molecule has 29 heavy (non-hydrogen) atoms. The van der Waals surface area contributed by atoms with E-state index in [0.29, 0.717) is 10.0 Å². The van der Waals surface area contributed by atoms with Gasteiger partial charge in [0.05, 0.1) is 17.7 Å². The molecule has 2 heterocycles. The van der Waals surface area contributed by atoms with Crippen LogP contribution >= 0.6 is 23.1 Å². The molecular weight excluding hydrogens is 410 g/mol. The quantitative estimate of drug-likeness (QED) is 0.441. The van der Waals surface area contributed by atoms with Crippen LogP contribution in [0.3, 0.4) is 0 Å². The topological polar surface area (TPSA) is 98.1 Å². The summed E-state index contributed by atoms with van der Waals surface area (Å²) in [4.78, 5) is 24.5. The first-order valence-electron chi connectivity index (χ1n) is 8.84. The van der Waals surface area contributed by atoms with Gasteiger partial charge in [-0.3, -0.25) is 25.0 Å². The molecule has 10 heteroatoms. The third kappa shape index (κ3) is 5.15. The summed E-state index contributed by atoms with van der Waals surface area (Å²) < 4.78 is 7.17. The van der Waals surface area contributed by atoms with Crippen LogP contribution in [0.5, 0.6) is 5.75 Å². The van der Waals surface area contributed by atoms with Crippen LogP contribution in [0.1, 0.15) is 29.6 Å². The fraction of sp³-hybridized carbons (Fsp3) is 0.263. The second kappa shape index (κ2) is 9.57. The van der Waals surface area contributed by atoms with Crippen LogP contribution in [-0.2, 0) is 4.79 Å². The van der Waals surface area contributed by atoms with E-state index in [1.165, 1.54) is 23.1 Å². The lowest BCUT2D eigenvalue weighted by atomic mass is 10.2. The Morgan fingerprint density at radius 3 is 2.55 bits per heavy atom. The predicted molar refractivity (Wildman–Crippen MR) is 113 cm³/mol. The Morgan fingerprint density at radius 1 is 1.17 bits per heavy atom. The number of hydrazine groups is 1. The lowest BCUT2D eigenvalue weighted by Crippen LogP contribution is -2.42. The Kier molecular flexibility index (Phi) is 6.89. The van der Waals surface area contributed by atoms with Crippen molar-refractivity contribution in [2.75, 3.05) is 12.9 Å². The Balaban J connectivity index is 1.63. The van der Waals surface area contributed by atoms with Gasteiger partial charge in [0.15, 0.2) is 11.0 Å². The van der Waals surface area contributed by atoms with Gasteiger partial charge in [-0.2, -0.15) is 0 Å². The Hall–Kier alpha value is -2.85. The van der Waals surface area contributed by atoms with Gasteiger partial charge in [-0.15, -0.1) is 21.5 Å². The standard InChI is InChI=1S/C19H21N5O3S2/c1-12(2)24-17(13-6-8-14(27-3)9-7-13)21-23-19(24)29-11-16(25)20-22-18(26)15-5-4-10-28-15/h4-10,12H,11H2,1-3H3,(H,20,25)(H,22,26).